The first kappa shape index (κ1) is 13.0. The quantitative estimate of drug-likeness (QED) is 0.638. The molecule has 0 saturated heterocycles. The van der Waals surface area contributed by atoms with Crippen LogP contribution in [0.1, 0.15) is 5.56 Å². The Labute approximate surface area is 111 Å². The molecule has 0 bridgehead atoms. The number of methoxy groups -OCH3 is 1. The van der Waals surface area contributed by atoms with Crippen LogP contribution in [0.4, 0.5) is 0 Å². The van der Waals surface area contributed by atoms with Crippen LogP contribution in [0.25, 0.3) is 17.0 Å². The van der Waals surface area contributed by atoms with Gasteiger partial charge < -0.3 is 15.0 Å². The van der Waals surface area contributed by atoms with Gasteiger partial charge in [0.2, 0.25) is 5.91 Å². The van der Waals surface area contributed by atoms with Crippen LogP contribution in [0.3, 0.4) is 0 Å². The number of aromatic amines is 1. The molecule has 19 heavy (non-hydrogen) atoms. The van der Waals surface area contributed by atoms with Crippen molar-refractivity contribution in [1.82, 2.24) is 10.3 Å². The highest BCUT2D eigenvalue weighted by molar-refractivity contribution is 5.96. The van der Waals surface area contributed by atoms with E-state index in [0.29, 0.717) is 6.54 Å². The molecule has 4 heteroatoms. The van der Waals surface area contributed by atoms with Crippen LogP contribution in [0.5, 0.6) is 5.75 Å². The average molecular weight is 256 g/mol. The topological polar surface area (TPSA) is 54.1 Å². The van der Waals surface area contributed by atoms with Gasteiger partial charge in [-0.3, -0.25) is 4.79 Å². The molecule has 1 amide bonds. The summed E-state index contributed by atoms with van der Waals surface area (Å²) in [4.78, 5) is 14.6. The fraction of sp³-hybridized carbons (Fsp3) is 0.133. The molecule has 4 nitrogen and oxygen atoms in total. The molecule has 2 N–H and O–H groups in total. The van der Waals surface area contributed by atoms with Crippen molar-refractivity contribution < 1.29 is 9.53 Å². The Bertz CT molecular complexity index is 626. The van der Waals surface area contributed by atoms with E-state index in [2.05, 4.69) is 16.9 Å². The van der Waals surface area contributed by atoms with Gasteiger partial charge in [-0.05, 0) is 24.3 Å². The number of amides is 1. The highest BCUT2D eigenvalue weighted by Crippen LogP contribution is 2.24. The second-order valence-electron chi connectivity index (χ2n) is 4.02. The third-order valence-electron chi connectivity index (χ3n) is 2.76. The second-order valence-corrected chi connectivity index (χ2v) is 4.02. The lowest BCUT2D eigenvalue weighted by atomic mass is 10.1. The van der Waals surface area contributed by atoms with Gasteiger partial charge in [0.1, 0.15) is 5.75 Å². The SMILES string of the molecule is C=CCNC(=O)/C=C/c1c[nH]c2ccc(OC)cc12. The Morgan fingerprint density at radius 1 is 1.53 bits per heavy atom. The van der Waals surface area contributed by atoms with E-state index in [4.69, 9.17) is 4.74 Å². The van der Waals surface area contributed by atoms with Gasteiger partial charge in [-0.2, -0.15) is 0 Å². The summed E-state index contributed by atoms with van der Waals surface area (Å²) in [5, 5.41) is 3.71. The molecule has 0 aliphatic heterocycles. The standard InChI is InChI=1S/C15H16N2O2/c1-3-8-16-15(18)7-4-11-10-17-14-6-5-12(19-2)9-13(11)14/h3-7,9-10,17H,1,8H2,2H3,(H,16,18)/b7-4+. The predicted molar refractivity (Wildman–Crippen MR) is 77.1 cm³/mol. The van der Waals surface area contributed by atoms with Crippen LogP contribution < -0.4 is 10.1 Å². The molecule has 0 unspecified atom stereocenters. The maximum absolute atomic E-state index is 11.5. The molecule has 2 aromatic rings. The summed E-state index contributed by atoms with van der Waals surface area (Å²) in [6.07, 6.45) is 6.78. The van der Waals surface area contributed by atoms with Gasteiger partial charge in [-0.1, -0.05) is 6.08 Å². The monoisotopic (exact) mass is 256 g/mol. The zero-order valence-corrected chi connectivity index (χ0v) is 10.8. The highest BCUT2D eigenvalue weighted by Gasteiger charge is 2.03. The maximum atomic E-state index is 11.5. The normalized spacial score (nSPS) is 10.8. The lowest BCUT2D eigenvalue weighted by molar-refractivity contribution is -0.116. The number of aromatic nitrogens is 1. The number of nitrogens with one attached hydrogen (secondary N) is 2. The van der Waals surface area contributed by atoms with Crippen molar-refractivity contribution in [2.45, 2.75) is 0 Å². The minimum absolute atomic E-state index is 0.142. The summed E-state index contributed by atoms with van der Waals surface area (Å²) < 4.78 is 5.20. The number of rotatable bonds is 5. The van der Waals surface area contributed by atoms with Crippen LogP contribution in [-0.4, -0.2) is 24.5 Å². The van der Waals surface area contributed by atoms with Crippen molar-refractivity contribution in [3.63, 3.8) is 0 Å². The van der Waals surface area contributed by atoms with Gasteiger partial charge >= 0.3 is 0 Å². The van der Waals surface area contributed by atoms with Gasteiger partial charge in [0.25, 0.3) is 0 Å². The Balaban J connectivity index is 2.22. The van der Waals surface area contributed by atoms with Gasteiger partial charge in [0.15, 0.2) is 0 Å². The molecule has 0 saturated carbocycles. The van der Waals surface area contributed by atoms with Crippen LogP contribution in [0.15, 0.2) is 43.1 Å². The summed E-state index contributed by atoms with van der Waals surface area (Å²) >= 11 is 0. The second kappa shape index (κ2) is 5.91. The fourth-order valence-electron chi connectivity index (χ4n) is 1.78. The van der Waals surface area contributed by atoms with Crippen molar-refractivity contribution in [3.8, 4) is 5.75 Å². The molecule has 0 radical (unpaired) electrons. The Morgan fingerprint density at radius 2 is 2.37 bits per heavy atom. The van der Waals surface area contributed by atoms with Crippen molar-refractivity contribution in [2.75, 3.05) is 13.7 Å². The fourth-order valence-corrected chi connectivity index (χ4v) is 1.78. The van der Waals surface area contributed by atoms with E-state index < -0.39 is 0 Å². The van der Waals surface area contributed by atoms with E-state index in [1.165, 1.54) is 6.08 Å². The average Bonchev–Trinajstić information content (AvgIpc) is 2.84. The molecule has 1 aromatic heterocycles. The van der Waals surface area contributed by atoms with Crippen molar-refractivity contribution in [3.05, 3.63) is 48.7 Å². The minimum atomic E-state index is -0.142. The molecular weight excluding hydrogens is 240 g/mol. The number of carbonyl (C=O) groups is 1. The van der Waals surface area contributed by atoms with E-state index in [1.807, 2.05) is 24.4 Å². The molecule has 0 atom stereocenters. The molecule has 1 aromatic carbocycles. The van der Waals surface area contributed by atoms with Gasteiger partial charge in [-0.15, -0.1) is 6.58 Å². The number of hydrogen-bond acceptors (Lipinski definition) is 2. The van der Waals surface area contributed by atoms with Gasteiger partial charge in [0, 0.05) is 35.3 Å². The van der Waals surface area contributed by atoms with E-state index in [1.54, 1.807) is 19.3 Å². The maximum Gasteiger partial charge on any atom is 0.244 e. The van der Waals surface area contributed by atoms with Gasteiger partial charge in [-0.25, -0.2) is 0 Å². The van der Waals surface area contributed by atoms with Crippen molar-refractivity contribution in [1.29, 1.82) is 0 Å². The van der Waals surface area contributed by atoms with Crippen LogP contribution in [0.2, 0.25) is 0 Å². The zero-order chi connectivity index (χ0) is 13.7. The minimum Gasteiger partial charge on any atom is -0.497 e. The van der Waals surface area contributed by atoms with Crippen molar-refractivity contribution in [2.24, 2.45) is 0 Å². The molecule has 0 fully saturated rings. The molecule has 0 spiro atoms. The van der Waals surface area contributed by atoms with E-state index in [0.717, 1.165) is 22.2 Å². The van der Waals surface area contributed by atoms with E-state index in [9.17, 15) is 4.79 Å². The number of carbonyl (C=O) groups excluding carboxylic acids is 1. The number of benzene rings is 1. The summed E-state index contributed by atoms with van der Waals surface area (Å²) in [5.41, 5.74) is 1.95. The first-order valence-electron chi connectivity index (χ1n) is 5.96. The first-order chi connectivity index (χ1) is 9.24. The third-order valence-corrected chi connectivity index (χ3v) is 2.76. The summed E-state index contributed by atoms with van der Waals surface area (Å²) in [7, 11) is 1.63. The number of H-pyrrole nitrogens is 1. The van der Waals surface area contributed by atoms with E-state index >= 15 is 0 Å². The number of ether oxygens (including phenoxy) is 1. The number of hydrogen-bond donors (Lipinski definition) is 2. The molecule has 0 aliphatic carbocycles. The molecule has 1 heterocycles. The Morgan fingerprint density at radius 3 is 3.11 bits per heavy atom. The largest absolute Gasteiger partial charge is 0.497 e. The lowest BCUT2D eigenvalue weighted by Gasteiger charge is -1.99. The predicted octanol–water partition coefficient (Wildman–Crippen LogP) is 2.49. The van der Waals surface area contributed by atoms with Crippen LogP contribution in [0, 0.1) is 0 Å². The zero-order valence-electron chi connectivity index (χ0n) is 10.8. The molecule has 98 valence electrons. The van der Waals surface area contributed by atoms with Crippen molar-refractivity contribution >= 4 is 22.9 Å². The summed E-state index contributed by atoms with van der Waals surface area (Å²) in [5.74, 6) is 0.648. The summed E-state index contributed by atoms with van der Waals surface area (Å²) in [6, 6.07) is 5.78. The Hall–Kier alpha value is -2.49. The molecule has 0 aliphatic rings. The van der Waals surface area contributed by atoms with Gasteiger partial charge in [0.05, 0.1) is 7.11 Å². The van der Waals surface area contributed by atoms with Crippen LogP contribution >= 0.6 is 0 Å². The highest BCUT2D eigenvalue weighted by atomic mass is 16.5. The number of fused-ring (bicyclic) bond motifs is 1. The smallest absolute Gasteiger partial charge is 0.244 e. The lowest BCUT2D eigenvalue weighted by Crippen LogP contribution is -2.20. The third kappa shape index (κ3) is 3.04. The first-order valence-corrected chi connectivity index (χ1v) is 5.96. The van der Waals surface area contributed by atoms with Crippen LogP contribution in [-0.2, 0) is 4.79 Å². The Kier molecular flexibility index (Phi) is 4.03. The van der Waals surface area contributed by atoms with E-state index in [-0.39, 0.29) is 5.91 Å². The molecular formula is C15H16N2O2. The summed E-state index contributed by atoms with van der Waals surface area (Å²) in [6.45, 7) is 4.01. The molecule has 2 rings (SSSR count).